The van der Waals surface area contributed by atoms with Gasteiger partial charge in [-0.15, -0.1) is 0 Å². The van der Waals surface area contributed by atoms with Crippen molar-refractivity contribution in [3.8, 4) is 11.3 Å². The lowest BCUT2D eigenvalue weighted by Gasteiger charge is -2.01. The first-order valence-corrected chi connectivity index (χ1v) is 6.39. The molecule has 0 atom stereocenters. The van der Waals surface area contributed by atoms with Crippen molar-refractivity contribution in [1.82, 2.24) is 9.78 Å². The molecule has 94 valence electrons. The maximum Gasteiger partial charge on any atom is 0.153 e. The molecule has 0 N–H and O–H groups in total. The van der Waals surface area contributed by atoms with Gasteiger partial charge in [0.25, 0.3) is 0 Å². The van der Waals surface area contributed by atoms with Gasteiger partial charge in [-0.2, -0.15) is 5.10 Å². The zero-order valence-corrected chi connectivity index (χ0v) is 11.4. The first kappa shape index (κ1) is 13.1. The van der Waals surface area contributed by atoms with E-state index in [-0.39, 0.29) is 0 Å². The van der Waals surface area contributed by atoms with Crippen LogP contribution in [0.5, 0.6) is 0 Å². The predicted octanol–water partition coefficient (Wildman–Crippen LogP) is 4.08. The Morgan fingerprint density at radius 1 is 1.33 bits per heavy atom. The van der Waals surface area contributed by atoms with Crippen molar-refractivity contribution in [2.75, 3.05) is 0 Å². The molecular weight excluding hydrogens is 271 g/mol. The minimum absolute atomic E-state index is 0.455. The number of benzene rings is 1. The Labute approximate surface area is 115 Å². The van der Waals surface area contributed by atoms with Crippen LogP contribution >= 0.6 is 23.2 Å². The first-order valence-electron chi connectivity index (χ1n) is 5.63. The quantitative estimate of drug-likeness (QED) is 0.792. The minimum atomic E-state index is 0.455. The van der Waals surface area contributed by atoms with Crippen molar-refractivity contribution in [3.05, 3.63) is 40.0 Å². The number of hydrogen-bond donors (Lipinski definition) is 0. The average Bonchev–Trinajstić information content (AvgIpc) is 2.76. The fraction of sp³-hybridized carbons (Fsp3) is 0.231. The Kier molecular flexibility index (Phi) is 4.04. The third-order valence-electron chi connectivity index (χ3n) is 2.56. The van der Waals surface area contributed by atoms with E-state index in [1.165, 1.54) is 0 Å². The highest BCUT2D eigenvalue weighted by Crippen LogP contribution is 2.29. The molecule has 0 aliphatic heterocycles. The van der Waals surface area contributed by atoms with Crippen molar-refractivity contribution in [2.45, 2.75) is 19.9 Å². The maximum atomic E-state index is 11.1. The number of carbonyl (C=O) groups excluding carboxylic acids is 1. The lowest BCUT2D eigenvalue weighted by Crippen LogP contribution is -1.96. The van der Waals surface area contributed by atoms with Crippen molar-refractivity contribution in [3.63, 3.8) is 0 Å². The summed E-state index contributed by atoms with van der Waals surface area (Å²) in [6.45, 7) is 2.84. The van der Waals surface area contributed by atoms with Gasteiger partial charge in [-0.3, -0.25) is 9.48 Å². The number of halogens is 2. The van der Waals surface area contributed by atoms with E-state index >= 15 is 0 Å². The lowest BCUT2D eigenvalue weighted by molar-refractivity contribution is 0.112. The molecule has 1 aromatic heterocycles. The Morgan fingerprint density at radius 2 is 2.11 bits per heavy atom. The second-order valence-corrected chi connectivity index (χ2v) is 4.76. The molecule has 1 heterocycles. The van der Waals surface area contributed by atoms with Crippen LogP contribution in [0.1, 0.15) is 23.7 Å². The second kappa shape index (κ2) is 5.55. The summed E-state index contributed by atoms with van der Waals surface area (Å²) < 4.78 is 1.77. The molecule has 0 saturated carbocycles. The van der Waals surface area contributed by atoms with Crippen molar-refractivity contribution >= 4 is 29.5 Å². The fourth-order valence-electron chi connectivity index (χ4n) is 1.73. The highest BCUT2D eigenvalue weighted by atomic mass is 35.5. The Hall–Kier alpha value is -1.32. The summed E-state index contributed by atoms with van der Waals surface area (Å²) in [6.07, 6.45) is 3.51. The molecule has 5 heteroatoms. The SMILES string of the molecule is CCCn1cc(C=O)c(-c2ccc(Cl)c(Cl)c2)n1. The molecule has 18 heavy (non-hydrogen) atoms. The van der Waals surface area contributed by atoms with Gasteiger partial charge in [0.1, 0.15) is 5.69 Å². The fourth-order valence-corrected chi connectivity index (χ4v) is 2.03. The van der Waals surface area contributed by atoms with Crippen LogP contribution in [0.2, 0.25) is 10.0 Å². The van der Waals surface area contributed by atoms with E-state index in [1.807, 2.05) is 0 Å². The van der Waals surface area contributed by atoms with Crippen LogP contribution in [0.3, 0.4) is 0 Å². The molecule has 0 fully saturated rings. The van der Waals surface area contributed by atoms with Crippen LogP contribution in [-0.2, 0) is 6.54 Å². The Bertz CT molecular complexity index is 578. The van der Waals surface area contributed by atoms with Crippen LogP contribution in [-0.4, -0.2) is 16.1 Å². The average molecular weight is 283 g/mol. The number of aryl methyl sites for hydroxylation is 1. The van der Waals surface area contributed by atoms with Crippen LogP contribution in [0.4, 0.5) is 0 Å². The lowest BCUT2D eigenvalue weighted by atomic mass is 10.1. The van der Waals surface area contributed by atoms with Crippen LogP contribution in [0, 0.1) is 0 Å². The summed E-state index contributed by atoms with van der Waals surface area (Å²) in [7, 11) is 0. The molecule has 0 aliphatic rings. The van der Waals surface area contributed by atoms with Crippen molar-refractivity contribution in [1.29, 1.82) is 0 Å². The van der Waals surface area contributed by atoms with Gasteiger partial charge >= 0.3 is 0 Å². The number of hydrogen-bond acceptors (Lipinski definition) is 2. The largest absolute Gasteiger partial charge is 0.298 e. The standard InChI is InChI=1S/C13H12Cl2N2O/c1-2-5-17-7-10(8-18)13(16-17)9-3-4-11(14)12(15)6-9/h3-4,6-8H,2,5H2,1H3. The van der Waals surface area contributed by atoms with Crippen LogP contribution < -0.4 is 0 Å². The summed E-state index contributed by atoms with van der Waals surface area (Å²) in [5, 5.41) is 5.34. The van der Waals surface area contributed by atoms with Crippen molar-refractivity contribution in [2.24, 2.45) is 0 Å². The summed E-state index contributed by atoms with van der Waals surface area (Å²) in [4.78, 5) is 11.1. The van der Waals surface area contributed by atoms with E-state index in [4.69, 9.17) is 23.2 Å². The normalized spacial score (nSPS) is 10.6. The van der Waals surface area contributed by atoms with Gasteiger partial charge in [-0.1, -0.05) is 36.2 Å². The van der Waals surface area contributed by atoms with Gasteiger partial charge in [0.2, 0.25) is 0 Å². The van der Waals surface area contributed by atoms with Gasteiger partial charge in [-0.05, 0) is 18.6 Å². The third kappa shape index (κ3) is 2.57. The van der Waals surface area contributed by atoms with Crippen LogP contribution in [0.25, 0.3) is 11.3 Å². The molecule has 2 rings (SSSR count). The Balaban J connectivity index is 2.48. The van der Waals surface area contributed by atoms with E-state index in [0.717, 1.165) is 24.8 Å². The zero-order valence-electron chi connectivity index (χ0n) is 9.86. The number of rotatable bonds is 4. The van der Waals surface area contributed by atoms with Gasteiger partial charge in [0, 0.05) is 18.3 Å². The summed E-state index contributed by atoms with van der Waals surface area (Å²) >= 11 is 11.8. The molecule has 0 radical (unpaired) electrons. The Morgan fingerprint density at radius 3 is 2.72 bits per heavy atom. The summed E-state index contributed by atoms with van der Waals surface area (Å²) in [5.74, 6) is 0. The molecule has 0 unspecified atom stereocenters. The number of carbonyl (C=O) groups is 1. The molecule has 0 saturated heterocycles. The minimum Gasteiger partial charge on any atom is -0.298 e. The molecule has 1 aromatic carbocycles. The van der Waals surface area contributed by atoms with Gasteiger partial charge in [-0.25, -0.2) is 0 Å². The van der Waals surface area contributed by atoms with E-state index in [9.17, 15) is 4.79 Å². The topological polar surface area (TPSA) is 34.9 Å². The first-order chi connectivity index (χ1) is 8.65. The zero-order chi connectivity index (χ0) is 13.1. The van der Waals surface area contributed by atoms with E-state index in [0.29, 0.717) is 21.3 Å². The van der Waals surface area contributed by atoms with Gasteiger partial charge < -0.3 is 0 Å². The molecule has 2 aromatic rings. The highest BCUT2D eigenvalue weighted by Gasteiger charge is 2.11. The molecule has 0 bridgehead atoms. The summed E-state index contributed by atoms with van der Waals surface area (Å²) in [5.41, 5.74) is 1.99. The van der Waals surface area contributed by atoms with Crippen LogP contribution in [0.15, 0.2) is 24.4 Å². The van der Waals surface area contributed by atoms with E-state index in [2.05, 4.69) is 12.0 Å². The predicted molar refractivity (Wildman–Crippen MR) is 73.4 cm³/mol. The molecule has 0 aliphatic carbocycles. The third-order valence-corrected chi connectivity index (χ3v) is 3.30. The van der Waals surface area contributed by atoms with E-state index < -0.39 is 0 Å². The maximum absolute atomic E-state index is 11.1. The molecular formula is C13H12Cl2N2O. The smallest absolute Gasteiger partial charge is 0.153 e. The molecule has 0 spiro atoms. The summed E-state index contributed by atoms with van der Waals surface area (Å²) in [6, 6.07) is 5.22. The number of aromatic nitrogens is 2. The van der Waals surface area contributed by atoms with E-state index in [1.54, 1.807) is 29.1 Å². The molecule has 0 amide bonds. The monoisotopic (exact) mass is 282 g/mol. The second-order valence-electron chi connectivity index (χ2n) is 3.94. The van der Waals surface area contributed by atoms with Gasteiger partial charge in [0.05, 0.1) is 15.6 Å². The van der Waals surface area contributed by atoms with Gasteiger partial charge in [0.15, 0.2) is 6.29 Å². The van der Waals surface area contributed by atoms with Crippen molar-refractivity contribution < 1.29 is 4.79 Å². The number of nitrogens with zero attached hydrogens (tertiary/aromatic N) is 2. The molecule has 3 nitrogen and oxygen atoms in total. The highest BCUT2D eigenvalue weighted by molar-refractivity contribution is 6.42. The number of aldehydes is 1.